The van der Waals surface area contributed by atoms with Gasteiger partial charge in [0.15, 0.2) is 5.82 Å². The number of nitrogens with two attached hydrogens (primary N) is 1. The lowest BCUT2D eigenvalue weighted by Crippen LogP contribution is -2.38. The van der Waals surface area contributed by atoms with E-state index in [1.165, 1.54) is 0 Å². The van der Waals surface area contributed by atoms with Gasteiger partial charge in [0.2, 0.25) is 0 Å². The molecule has 0 bridgehead atoms. The average molecular weight is 291 g/mol. The van der Waals surface area contributed by atoms with E-state index in [1.54, 1.807) is 7.11 Å². The van der Waals surface area contributed by atoms with Gasteiger partial charge >= 0.3 is 0 Å². The molecule has 1 aliphatic carbocycles. The van der Waals surface area contributed by atoms with Crippen LogP contribution in [0.3, 0.4) is 0 Å². The molecule has 0 saturated heterocycles. The summed E-state index contributed by atoms with van der Waals surface area (Å²) >= 11 is 0. The molecule has 5 nitrogen and oxygen atoms in total. The van der Waals surface area contributed by atoms with Crippen LogP contribution in [0.2, 0.25) is 0 Å². The SMILES string of the molecule is COC1(c2nc(N)c3c(n2)CCOC3)CCC(C)(C)CC1. The third kappa shape index (κ3) is 2.64. The van der Waals surface area contributed by atoms with Crippen molar-refractivity contribution >= 4 is 5.82 Å². The van der Waals surface area contributed by atoms with Gasteiger partial charge in [-0.05, 0) is 31.1 Å². The minimum Gasteiger partial charge on any atom is -0.383 e. The van der Waals surface area contributed by atoms with Crippen LogP contribution in [0.15, 0.2) is 0 Å². The molecule has 0 aromatic carbocycles. The molecule has 21 heavy (non-hydrogen) atoms. The summed E-state index contributed by atoms with van der Waals surface area (Å²) < 4.78 is 11.3. The van der Waals surface area contributed by atoms with Gasteiger partial charge < -0.3 is 15.2 Å². The maximum atomic E-state index is 6.13. The van der Waals surface area contributed by atoms with Crippen molar-refractivity contribution in [1.29, 1.82) is 0 Å². The summed E-state index contributed by atoms with van der Waals surface area (Å²) in [6.45, 7) is 5.85. The lowest BCUT2D eigenvalue weighted by atomic mass is 9.70. The first kappa shape index (κ1) is 14.7. The van der Waals surface area contributed by atoms with Crippen LogP contribution in [0.1, 0.15) is 56.6 Å². The molecular weight excluding hydrogens is 266 g/mol. The van der Waals surface area contributed by atoms with Gasteiger partial charge in [0.05, 0.1) is 18.9 Å². The molecule has 0 unspecified atom stereocenters. The summed E-state index contributed by atoms with van der Waals surface area (Å²) in [4.78, 5) is 9.36. The molecule has 3 rings (SSSR count). The van der Waals surface area contributed by atoms with Crippen molar-refractivity contribution in [2.24, 2.45) is 5.41 Å². The Balaban J connectivity index is 1.96. The maximum Gasteiger partial charge on any atom is 0.162 e. The van der Waals surface area contributed by atoms with Crippen molar-refractivity contribution in [3.05, 3.63) is 17.1 Å². The first-order valence-corrected chi connectivity index (χ1v) is 7.74. The molecule has 0 spiro atoms. The van der Waals surface area contributed by atoms with Crippen molar-refractivity contribution in [3.63, 3.8) is 0 Å². The summed E-state index contributed by atoms with van der Waals surface area (Å²) in [5, 5.41) is 0. The Kier molecular flexibility index (Phi) is 3.66. The largest absolute Gasteiger partial charge is 0.383 e. The molecule has 0 radical (unpaired) electrons. The zero-order valence-electron chi connectivity index (χ0n) is 13.2. The van der Waals surface area contributed by atoms with E-state index < -0.39 is 0 Å². The van der Waals surface area contributed by atoms with Crippen LogP contribution in [0.4, 0.5) is 5.82 Å². The fourth-order valence-corrected chi connectivity index (χ4v) is 3.31. The number of fused-ring (bicyclic) bond motifs is 1. The van der Waals surface area contributed by atoms with E-state index in [9.17, 15) is 0 Å². The molecule has 1 aromatic heterocycles. The Hall–Kier alpha value is -1.20. The van der Waals surface area contributed by atoms with E-state index in [4.69, 9.17) is 20.2 Å². The zero-order chi connectivity index (χ0) is 15.1. The number of hydrogen-bond acceptors (Lipinski definition) is 5. The summed E-state index contributed by atoms with van der Waals surface area (Å²) in [6.07, 6.45) is 4.94. The van der Waals surface area contributed by atoms with Gasteiger partial charge in [-0.1, -0.05) is 13.8 Å². The van der Waals surface area contributed by atoms with E-state index in [0.717, 1.165) is 49.2 Å². The molecule has 0 amide bonds. The van der Waals surface area contributed by atoms with E-state index in [-0.39, 0.29) is 5.60 Å². The second-order valence-corrected chi connectivity index (χ2v) is 7.02. The van der Waals surface area contributed by atoms with Crippen LogP contribution in [0.25, 0.3) is 0 Å². The Morgan fingerprint density at radius 2 is 1.86 bits per heavy atom. The number of aromatic nitrogens is 2. The van der Waals surface area contributed by atoms with Gasteiger partial charge in [-0.2, -0.15) is 0 Å². The Labute approximate surface area is 126 Å². The highest BCUT2D eigenvalue weighted by atomic mass is 16.5. The van der Waals surface area contributed by atoms with Crippen LogP contribution in [-0.4, -0.2) is 23.7 Å². The Bertz CT molecular complexity index is 533. The first-order valence-electron chi connectivity index (χ1n) is 7.74. The lowest BCUT2D eigenvalue weighted by Gasteiger charge is -2.41. The molecule has 2 heterocycles. The minimum atomic E-state index is -0.378. The molecule has 1 fully saturated rings. The fraction of sp³-hybridized carbons (Fsp3) is 0.750. The van der Waals surface area contributed by atoms with Crippen LogP contribution < -0.4 is 5.73 Å². The lowest BCUT2D eigenvalue weighted by molar-refractivity contribution is -0.0731. The second-order valence-electron chi connectivity index (χ2n) is 7.02. The highest BCUT2D eigenvalue weighted by Crippen LogP contribution is 2.46. The van der Waals surface area contributed by atoms with Gasteiger partial charge in [0.25, 0.3) is 0 Å². The molecule has 116 valence electrons. The molecule has 1 aromatic rings. The van der Waals surface area contributed by atoms with Gasteiger partial charge in [0, 0.05) is 19.1 Å². The summed E-state index contributed by atoms with van der Waals surface area (Å²) in [6, 6.07) is 0. The molecule has 2 N–H and O–H groups in total. The topological polar surface area (TPSA) is 70.3 Å². The molecule has 2 aliphatic rings. The monoisotopic (exact) mass is 291 g/mol. The predicted octanol–water partition coefficient (Wildman–Crippen LogP) is 2.57. The summed E-state index contributed by atoms with van der Waals surface area (Å²) in [5.41, 5.74) is 8.11. The smallest absolute Gasteiger partial charge is 0.162 e. The van der Waals surface area contributed by atoms with Gasteiger partial charge in [-0.25, -0.2) is 9.97 Å². The van der Waals surface area contributed by atoms with Crippen LogP contribution >= 0.6 is 0 Å². The van der Waals surface area contributed by atoms with Crippen molar-refractivity contribution < 1.29 is 9.47 Å². The molecular formula is C16H25N3O2. The van der Waals surface area contributed by atoms with Crippen LogP contribution in [0, 0.1) is 5.41 Å². The quantitative estimate of drug-likeness (QED) is 0.907. The van der Waals surface area contributed by atoms with E-state index >= 15 is 0 Å². The van der Waals surface area contributed by atoms with Crippen LogP contribution in [-0.2, 0) is 28.1 Å². The molecule has 1 saturated carbocycles. The third-order valence-electron chi connectivity index (χ3n) is 5.06. The second kappa shape index (κ2) is 5.21. The van der Waals surface area contributed by atoms with Gasteiger partial charge in [0.1, 0.15) is 11.4 Å². The molecule has 1 aliphatic heterocycles. The third-order valence-corrected chi connectivity index (χ3v) is 5.06. The van der Waals surface area contributed by atoms with Gasteiger partial charge in [-0.3, -0.25) is 0 Å². The zero-order valence-corrected chi connectivity index (χ0v) is 13.2. The predicted molar refractivity (Wildman–Crippen MR) is 80.7 cm³/mol. The standard InChI is InChI=1S/C16H25N3O2/c1-15(2)5-7-16(20-3,8-6-15)14-18-12-4-9-21-10-11(12)13(17)19-14/h4-10H2,1-3H3,(H2,17,18,19). The summed E-state index contributed by atoms with van der Waals surface area (Å²) in [5.74, 6) is 1.31. The minimum absolute atomic E-state index is 0.371. The number of ether oxygens (including phenoxy) is 2. The van der Waals surface area contributed by atoms with Crippen molar-refractivity contribution in [1.82, 2.24) is 9.97 Å². The van der Waals surface area contributed by atoms with E-state index in [2.05, 4.69) is 18.8 Å². The van der Waals surface area contributed by atoms with Crippen molar-refractivity contribution in [3.8, 4) is 0 Å². The van der Waals surface area contributed by atoms with Crippen molar-refractivity contribution in [2.45, 2.75) is 58.2 Å². The number of hydrogen-bond donors (Lipinski definition) is 1. The Morgan fingerprint density at radius 3 is 2.52 bits per heavy atom. The normalized spacial score (nSPS) is 23.6. The highest BCUT2D eigenvalue weighted by Gasteiger charge is 2.42. The Morgan fingerprint density at radius 1 is 1.14 bits per heavy atom. The summed E-state index contributed by atoms with van der Waals surface area (Å²) in [7, 11) is 1.76. The average Bonchev–Trinajstić information content (AvgIpc) is 2.48. The highest BCUT2D eigenvalue weighted by molar-refractivity contribution is 5.43. The van der Waals surface area contributed by atoms with E-state index in [0.29, 0.717) is 24.4 Å². The first-order chi connectivity index (χ1) is 9.96. The van der Waals surface area contributed by atoms with Crippen molar-refractivity contribution in [2.75, 3.05) is 19.5 Å². The molecule has 5 heteroatoms. The number of methoxy groups -OCH3 is 1. The van der Waals surface area contributed by atoms with Gasteiger partial charge in [-0.15, -0.1) is 0 Å². The molecule has 0 atom stereocenters. The van der Waals surface area contributed by atoms with E-state index in [1.807, 2.05) is 0 Å². The number of nitrogens with zero attached hydrogens (tertiary/aromatic N) is 2. The maximum absolute atomic E-state index is 6.13. The number of nitrogen functional groups attached to an aromatic ring is 1. The number of anilines is 1. The van der Waals surface area contributed by atoms with Crippen LogP contribution in [0.5, 0.6) is 0 Å². The fourth-order valence-electron chi connectivity index (χ4n) is 3.31. The number of rotatable bonds is 2.